The predicted molar refractivity (Wildman–Crippen MR) is 81.6 cm³/mol. The third kappa shape index (κ3) is 5.35. The van der Waals surface area contributed by atoms with E-state index in [0.717, 1.165) is 18.2 Å². The maximum Gasteiger partial charge on any atom is 0.208 e. The molecule has 118 valence electrons. The topological polar surface area (TPSA) is 76.7 Å². The monoisotopic (exact) mass is 334 g/mol. The van der Waals surface area contributed by atoms with Crippen LogP contribution in [0.4, 0.5) is 0 Å². The van der Waals surface area contributed by atoms with Crippen LogP contribution in [-0.2, 0) is 16.6 Å². The molecule has 0 unspecified atom stereocenters. The molecule has 1 aromatic rings. The zero-order chi connectivity index (χ0) is 15.3. The van der Waals surface area contributed by atoms with Gasteiger partial charge in [0.1, 0.15) is 0 Å². The Morgan fingerprint density at radius 1 is 1.24 bits per heavy atom. The zero-order valence-corrected chi connectivity index (χ0v) is 13.4. The summed E-state index contributed by atoms with van der Waals surface area (Å²) in [6, 6.07) is 3.72. The van der Waals surface area contributed by atoms with Gasteiger partial charge in [-0.05, 0) is 17.7 Å². The van der Waals surface area contributed by atoms with E-state index in [2.05, 4.69) is 10.0 Å². The van der Waals surface area contributed by atoms with E-state index in [-0.39, 0.29) is 0 Å². The van der Waals surface area contributed by atoms with Crippen molar-refractivity contribution in [2.24, 2.45) is 0 Å². The van der Waals surface area contributed by atoms with Crippen molar-refractivity contribution in [3.63, 3.8) is 0 Å². The number of sulfonamides is 1. The van der Waals surface area contributed by atoms with Crippen LogP contribution < -0.4 is 19.5 Å². The highest BCUT2D eigenvalue weighted by molar-refractivity contribution is 7.88. The van der Waals surface area contributed by atoms with E-state index in [0.29, 0.717) is 49.4 Å². The van der Waals surface area contributed by atoms with Gasteiger partial charge in [-0.3, -0.25) is 0 Å². The van der Waals surface area contributed by atoms with Gasteiger partial charge in [0.25, 0.3) is 0 Å². The van der Waals surface area contributed by atoms with Crippen LogP contribution in [0.5, 0.6) is 11.5 Å². The quantitative estimate of drug-likeness (QED) is 0.763. The van der Waals surface area contributed by atoms with Crippen LogP contribution in [0.2, 0.25) is 5.02 Å². The van der Waals surface area contributed by atoms with Gasteiger partial charge < -0.3 is 14.8 Å². The van der Waals surface area contributed by atoms with E-state index in [1.807, 2.05) is 12.1 Å². The lowest BCUT2D eigenvalue weighted by molar-refractivity contribution is 0.297. The van der Waals surface area contributed by atoms with E-state index in [9.17, 15) is 8.42 Å². The number of nitrogens with one attached hydrogen (secondary N) is 2. The highest BCUT2D eigenvalue weighted by atomic mass is 35.5. The maximum absolute atomic E-state index is 10.9. The van der Waals surface area contributed by atoms with Crippen molar-refractivity contribution in [3.05, 3.63) is 22.7 Å². The molecule has 0 fully saturated rings. The number of ether oxygens (including phenoxy) is 2. The number of rotatable bonds is 6. The Balaban J connectivity index is 1.89. The van der Waals surface area contributed by atoms with Gasteiger partial charge in [0.2, 0.25) is 10.0 Å². The Bertz CT molecular complexity index is 592. The average molecular weight is 335 g/mol. The molecule has 0 aliphatic carbocycles. The lowest BCUT2D eigenvalue weighted by Gasteiger charge is -2.12. The van der Waals surface area contributed by atoms with Crippen LogP contribution in [0.3, 0.4) is 0 Å². The van der Waals surface area contributed by atoms with Crippen LogP contribution in [-0.4, -0.2) is 41.0 Å². The molecule has 1 heterocycles. The second kappa shape index (κ2) is 7.31. The van der Waals surface area contributed by atoms with Crippen molar-refractivity contribution in [2.45, 2.75) is 13.0 Å². The van der Waals surface area contributed by atoms with Gasteiger partial charge in [0.15, 0.2) is 11.5 Å². The first-order valence-corrected chi connectivity index (χ1v) is 8.96. The lowest BCUT2D eigenvalue weighted by Crippen LogP contribution is -2.30. The Labute approximate surface area is 129 Å². The summed E-state index contributed by atoms with van der Waals surface area (Å²) in [6.45, 7) is 2.65. The minimum Gasteiger partial charge on any atom is -0.489 e. The van der Waals surface area contributed by atoms with Crippen LogP contribution in [0.1, 0.15) is 12.0 Å². The Hall–Kier alpha value is -1.02. The Kier molecular flexibility index (Phi) is 5.69. The molecule has 0 amide bonds. The van der Waals surface area contributed by atoms with Crippen molar-refractivity contribution >= 4 is 21.6 Å². The number of fused-ring (bicyclic) bond motifs is 1. The highest BCUT2D eigenvalue weighted by Gasteiger charge is 2.15. The second-order valence-corrected chi connectivity index (χ2v) is 7.04. The van der Waals surface area contributed by atoms with E-state index in [4.69, 9.17) is 21.1 Å². The van der Waals surface area contributed by atoms with Gasteiger partial charge in [0.05, 0.1) is 24.5 Å². The maximum atomic E-state index is 10.9. The minimum atomic E-state index is -3.14. The molecule has 0 saturated heterocycles. The molecule has 1 aliphatic rings. The molecular weight excluding hydrogens is 316 g/mol. The summed E-state index contributed by atoms with van der Waals surface area (Å²) < 4.78 is 35.4. The largest absolute Gasteiger partial charge is 0.489 e. The van der Waals surface area contributed by atoms with Crippen LogP contribution in [0.15, 0.2) is 12.1 Å². The molecule has 1 aromatic carbocycles. The number of benzene rings is 1. The smallest absolute Gasteiger partial charge is 0.208 e. The summed E-state index contributed by atoms with van der Waals surface area (Å²) in [5, 5.41) is 3.67. The third-order valence-corrected chi connectivity index (χ3v) is 3.87. The van der Waals surface area contributed by atoms with Crippen molar-refractivity contribution in [2.75, 3.05) is 32.6 Å². The minimum absolute atomic E-state index is 0.344. The molecule has 0 radical (unpaired) electrons. The summed E-state index contributed by atoms with van der Waals surface area (Å²) >= 11 is 6.20. The van der Waals surface area contributed by atoms with Crippen molar-refractivity contribution in [1.29, 1.82) is 0 Å². The Morgan fingerprint density at radius 2 is 2.00 bits per heavy atom. The number of hydrogen-bond donors (Lipinski definition) is 2. The van der Waals surface area contributed by atoms with Crippen molar-refractivity contribution < 1.29 is 17.9 Å². The standard InChI is InChI=1S/C13H19ClN2O4S/c1-21(17,18)16-4-3-15-9-10-7-11(14)13-12(8-10)19-5-2-6-20-13/h7-8,15-16H,2-6,9H2,1H3. The molecule has 2 rings (SSSR count). The summed E-state index contributed by atoms with van der Waals surface area (Å²) in [6.07, 6.45) is 1.96. The molecule has 1 aliphatic heterocycles. The zero-order valence-electron chi connectivity index (χ0n) is 11.8. The highest BCUT2D eigenvalue weighted by Crippen LogP contribution is 2.37. The van der Waals surface area contributed by atoms with E-state index < -0.39 is 10.0 Å². The summed E-state index contributed by atoms with van der Waals surface area (Å²) in [5.74, 6) is 1.25. The van der Waals surface area contributed by atoms with Gasteiger partial charge in [-0.2, -0.15) is 0 Å². The number of halogens is 1. The van der Waals surface area contributed by atoms with Crippen LogP contribution in [0.25, 0.3) is 0 Å². The van der Waals surface area contributed by atoms with Crippen LogP contribution >= 0.6 is 11.6 Å². The lowest BCUT2D eigenvalue weighted by atomic mass is 10.2. The second-order valence-electron chi connectivity index (χ2n) is 4.80. The SMILES string of the molecule is CS(=O)(=O)NCCNCc1cc(Cl)c2c(c1)OCCCO2. The van der Waals surface area contributed by atoms with Crippen molar-refractivity contribution in [1.82, 2.24) is 10.0 Å². The van der Waals surface area contributed by atoms with Gasteiger partial charge >= 0.3 is 0 Å². The molecule has 0 saturated carbocycles. The van der Waals surface area contributed by atoms with Gasteiger partial charge in [-0.15, -0.1) is 0 Å². The molecular formula is C13H19ClN2O4S. The molecule has 0 bridgehead atoms. The fourth-order valence-electron chi connectivity index (χ4n) is 1.94. The first kappa shape index (κ1) is 16.4. The Morgan fingerprint density at radius 3 is 2.76 bits per heavy atom. The summed E-state index contributed by atoms with van der Waals surface area (Å²) in [7, 11) is -3.14. The third-order valence-electron chi connectivity index (χ3n) is 2.86. The van der Waals surface area contributed by atoms with E-state index in [1.165, 1.54) is 0 Å². The van der Waals surface area contributed by atoms with E-state index in [1.54, 1.807) is 0 Å². The van der Waals surface area contributed by atoms with Gasteiger partial charge in [-0.25, -0.2) is 13.1 Å². The molecule has 6 nitrogen and oxygen atoms in total. The fourth-order valence-corrected chi connectivity index (χ4v) is 2.70. The average Bonchev–Trinajstić information content (AvgIpc) is 2.62. The normalized spacial score (nSPS) is 14.8. The van der Waals surface area contributed by atoms with E-state index >= 15 is 0 Å². The molecule has 0 spiro atoms. The number of hydrogen-bond acceptors (Lipinski definition) is 5. The van der Waals surface area contributed by atoms with Gasteiger partial charge in [-0.1, -0.05) is 11.6 Å². The summed E-state index contributed by atoms with van der Waals surface area (Å²) in [5.41, 5.74) is 0.962. The fraction of sp³-hybridized carbons (Fsp3) is 0.538. The van der Waals surface area contributed by atoms with Crippen molar-refractivity contribution in [3.8, 4) is 11.5 Å². The first-order chi connectivity index (χ1) is 9.96. The molecule has 0 aromatic heterocycles. The molecule has 2 N–H and O–H groups in total. The molecule has 21 heavy (non-hydrogen) atoms. The first-order valence-electron chi connectivity index (χ1n) is 6.69. The van der Waals surface area contributed by atoms with Crippen LogP contribution in [0, 0.1) is 0 Å². The summed E-state index contributed by atoms with van der Waals surface area (Å²) in [4.78, 5) is 0. The van der Waals surface area contributed by atoms with Gasteiger partial charge in [0, 0.05) is 26.1 Å². The predicted octanol–water partition coefficient (Wildman–Crippen LogP) is 1.14. The molecule has 8 heteroatoms. The molecule has 0 atom stereocenters.